The van der Waals surface area contributed by atoms with Crippen molar-refractivity contribution in [2.45, 2.75) is 491 Å². The van der Waals surface area contributed by atoms with Crippen LogP contribution in [-0.4, -0.2) is 0 Å². The highest BCUT2D eigenvalue weighted by atomic mass is 32.2. The molecule has 8 aliphatic carbocycles. The van der Waals surface area contributed by atoms with Crippen molar-refractivity contribution >= 4 is 43.6 Å². The van der Waals surface area contributed by atoms with Gasteiger partial charge in [0.2, 0.25) is 0 Å². The highest BCUT2D eigenvalue weighted by Gasteiger charge is 2.36. The van der Waals surface area contributed by atoms with Crippen molar-refractivity contribution in [3.05, 3.63) is 360 Å². The second-order valence-electron chi connectivity index (χ2n) is 44.8. The normalized spacial score (nSPS) is 19.3. The Morgan fingerprint density at radius 1 is 0.0903 bits per heavy atom. The molecule has 0 radical (unpaired) electrons. The minimum Gasteiger partial charge on any atom is -0.0619 e. The van der Waals surface area contributed by atoms with Crippen LogP contribution in [0, 0.1) is 0 Å². The Kier molecular flexibility index (Phi) is 45.2. The number of benzene rings is 12. The van der Waals surface area contributed by atoms with Crippen molar-refractivity contribution in [2.75, 3.05) is 0 Å². The maximum Gasteiger partial charge on any atom is 0.166 e. The molecule has 0 spiro atoms. The quantitative estimate of drug-likeness (QED) is 0.0667. The molecule has 8 aliphatic rings. The number of hydrogen-bond donors (Lipinski definition) is 0. The molecule has 8 fully saturated rings. The summed E-state index contributed by atoms with van der Waals surface area (Å²) in [5, 5.41) is 0. The molecule has 0 nitrogen and oxygen atoms in total. The van der Waals surface area contributed by atoms with Crippen LogP contribution in [-0.2, 0) is 43.6 Å². The van der Waals surface area contributed by atoms with Crippen molar-refractivity contribution < 1.29 is 0 Å². The van der Waals surface area contributed by atoms with Gasteiger partial charge in [-0.05, 0) is 340 Å². The molecule has 0 N–H and O–H groups in total. The first-order valence-corrected chi connectivity index (χ1v) is 64.4. The highest BCUT2D eigenvalue weighted by molar-refractivity contribution is 7.98. The van der Waals surface area contributed by atoms with Crippen LogP contribution < -0.4 is 0 Å². The van der Waals surface area contributed by atoms with Crippen LogP contribution in [0.1, 0.15) is 477 Å². The van der Waals surface area contributed by atoms with E-state index in [2.05, 4.69) is 315 Å². The van der Waals surface area contributed by atoms with Gasteiger partial charge in [0.25, 0.3) is 0 Å². The van der Waals surface area contributed by atoms with Crippen molar-refractivity contribution in [1.29, 1.82) is 0 Å². The molecule has 0 bridgehead atoms. The fourth-order valence-corrected chi connectivity index (χ4v) is 34.1. The largest absolute Gasteiger partial charge is 0.166 e. The van der Waals surface area contributed by atoms with E-state index in [4.69, 9.17) is 0 Å². The zero-order valence-corrected chi connectivity index (χ0v) is 92.0. The Morgan fingerprint density at radius 2 is 0.174 bits per heavy atom. The molecule has 0 aliphatic heterocycles. The van der Waals surface area contributed by atoms with Gasteiger partial charge < -0.3 is 0 Å². The molecular formula is C140H180S4+4. The third-order valence-electron chi connectivity index (χ3n) is 34.5. The first kappa shape index (κ1) is 107. The van der Waals surface area contributed by atoms with E-state index in [-0.39, 0.29) is 43.6 Å². The summed E-state index contributed by atoms with van der Waals surface area (Å²) in [4.78, 5) is 17.3. The standard InChI is InChI=1S/C42H57S.C38H51S.C32H39S.C28H33S/c1-4-10-16-34(17-11-5-1)37-22-28-40(29-23-37)43(41-30-24-38(25-31-41)35-18-12-6-2-7-13-19-35)42-32-26-39(27-33-42)36-20-14-8-3-9-15-21-36;1-3-7-12-18-32(19-13-8-4-1)34-24-28-37(29-25-34)39(36-22-16-11-17-23-36)38-30-26-35(27-31-38)33-20-14-9-5-2-6-10-15-21-33;1-2-6-12-26(13-7-3-1)28-18-22-31(23-19-28)33(30-16-10-5-11-17-30)32-24-20-29(21-25-32)27-14-8-4-9-15-27;1-2-4-8-14-24(15-9-5-3-1)25-20-22-28(23-21-25)29(26-16-10-6-11-17-26)27-18-12-7-13-19-27/h22-36H,1-21H2;11,16-17,22-33H,1-10,12-15,18-21H2;5,10-11,16-27H,1-4,6-9,12-15H2;6-7,10-13,16-24H,1-5,8-9,14-15H2/q4*+1. The Balaban J connectivity index is 0.000000133. The average Bonchev–Trinajstić information content (AvgIpc) is 0.800. The summed E-state index contributed by atoms with van der Waals surface area (Å²) < 4.78 is 0. The molecule has 144 heavy (non-hydrogen) atoms. The van der Waals surface area contributed by atoms with Crippen LogP contribution >= 0.6 is 0 Å². The summed E-state index contributed by atoms with van der Waals surface area (Å²) >= 11 is 0. The Morgan fingerprint density at radius 3 is 0.278 bits per heavy atom. The minimum absolute atomic E-state index is 0.0391. The molecule has 0 saturated heterocycles. The van der Waals surface area contributed by atoms with Crippen molar-refractivity contribution in [1.82, 2.24) is 0 Å². The van der Waals surface area contributed by atoms with E-state index < -0.39 is 0 Å². The molecule has 1 unspecified atom stereocenters. The molecule has 1 atom stereocenters. The molecule has 4 heteroatoms. The van der Waals surface area contributed by atoms with E-state index in [1.54, 1.807) is 44.5 Å². The van der Waals surface area contributed by atoms with Gasteiger partial charge in [0.1, 0.15) is 0 Å². The smallest absolute Gasteiger partial charge is 0.0619 e. The van der Waals surface area contributed by atoms with Gasteiger partial charge in [0, 0.05) is 0 Å². The molecule has 12 aromatic rings. The molecular weight excluding hydrogens is 1810 g/mol. The van der Waals surface area contributed by atoms with E-state index in [9.17, 15) is 0 Å². The second kappa shape index (κ2) is 60.6. The van der Waals surface area contributed by atoms with E-state index in [1.165, 1.54) is 444 Å². The third kappa shape index (κ3) is 33.0. The first-order valence-electron chi connectivity index (χ1n) is 59.5. The maximum atomic E-state index is 2.49. The van der Waals surface area contributed by atoms with E-state index in [0.29, 0.717) is 0 Å². The minimum atomic E-state index is -0.0729. The monoisotopic (exact) mass is 1990 g/mol. The molecule has 12 aromatic carbocycles. The summed E-state index contributed by atoms with van der Waals surface area (Å²) in [6, 6.07) is 123. The lowest BCUT2D eigenvalue weighted by Crippen LogP contribution is -2.08. The molecule has 0 amide bonds. The second-order valence-corrected chi connectivity index (χ2v) is 52.9. The van der Waals surface area contributed by atoms with Gasteiger partial charge in [-0.2, -0.15) is 0 Å². The van der Waals surface area contributed by atoms with E-state index in [1.807, 2.05) is 0 Å². The van der Waals surface area contributed by atoms with Crippen LogP contribution in [0.4, 0.5) is 0 Å². The topological polar surface area (TPSA) is 0 Å². The van der Waals surface area contributed by atoms with Crippen molar-refractivity contribution in [3.8, 4) is 0 Å². The molecule has 0 aromatic heterocycles. The van der Waals surface area contributed by atoms with Crippen molar-refractivity contribution in [2.24, 2.45) is 0 Å². The fraction of sp³-hybridized carbons (Fsp3) is 0.486. The Bertz CT molecular complexity index is 5130. The van der Waals surface area contributed by atoms with Gasteiger partial charge in [-0.15, -0.1) is 0 Å². The number of hydrogen-bond acceptors (Lipinski definition) is 0. The van der Waals surface area contributed by atoms with Crippen LogP contribution in [0.25, 0.3) is 0 Å². The highest BCUT2D eigenvalue weighted by Crippen LogP contribution is 2.46. The molecule has 760 valence electrons. The zero-order valence-electron chi connectivity index (χ0n) is 88.7. The van der Waals surface area contributed by atoms with E-state index >= 15 is 0 Å². The van der Waals surface area contributed by atoms with Gasteiger partial charge >= 0.3 is 0 Å². The van der Waals surface area contributed by atoms with Crippen molar-refractivity contribution in [3.63, 3.8) is 0 Å². The van der Waals surface area contributed by atoms with Gasteiger partial charge in [-0.1, -0.05) is 452 Å². The van der Waals surface area contributed by atoms with Gasteiger partial charge in [0.05, 0.1) is 43.6 Å². The van der Waals surface area contributed by atoms with Gasteiger partial charge in [-0.3, -0.25) is 0 Å². The first-order chi connectivity index (χ1) is 71.5. The average molecular weight is 1990 g/mol. The van der Waals surface area contributed by atoms with Crippen LogP contribution in [0.5, 0.6) is 0 Å². The summed E-state index contributed by atoms with van der Waals surface area (Å²) in [6.45, 7) is 0. The lowest BCUT2D eigenvalue weighted by atomic mass is 9.84. The fourth-order valence-electron chi connectivity index (χ4n) is 25.9. The number of rotatable bonds is 20. The Labute approximate surface area is 887 Å². The van der Waals surface area contributed by atoms with Gasteiger partial charge in [-0.25, -0.2) is 0 Å². The molecule has 0 heterocycles. The molecule has 20 rings (SSSR count). The third-order valence-corrected chi connectivity index (χ3v) is 43.4. The SMILES string of the molecule is c1cc([S+](c2ccc(C3CCCCCCC3)cc2)c2ccc(C3CCCCCCC3)cc2)ccc1C1CCCCCCC1.c1ccc([S+](c2ccc(C3CCCCCCC3)cc2)c2ccc(C3CCCCC3)cc2)cc1.c1ccc([S+](c2ccc(C3CCCCCCCCC3)cc2)c2ccc(C3CCCCCCCCC3)cc2)cc1.c1ccc([S+](c2ccccc2)c2ccc(C3CCCCCCCCC3)cc2)cc1. The van der Waals surface area contributed by atoms with Gasteiger partial charge in [0.15, 0.2) is 58.7 Å². The van der Waals surface area contributed by atoms with Crippen LogP contribution in [0.15, 0.2) is 374 Å². The van der Waals surface area contributed by atoms with Crippen LogP contribution in [0.2, 0.25) is 0 Å². The van der Waals surface area contributed by atoms with E-state index in [0.717, 1.165) is 47.3 Å². The summed E-state index contributed by atoms with van der Waals surface area (Å²) in [6.07, 6.45) is 84.3. The summed E-state index contributed by atoms with van der Waals surface area (Å²) in [7, 11) is -0.223. The molecule has 8 saturated carbocycles. The zero-order chi connectivity index (χ0) is 97.7. The lowest BCUT2D eigenvalue weighted by Gasteiger charge is -2.22. The lowest BCUT2D eigenvalue weighted by molar-refractivity contribution is 0.443. The predicted octanol–water partition coefficient (Wildman–Crippen LogP) is 43.3. The van der Waals surface area contributed by atoms with Crippen LogP contribution in [0.3, 0.4) is 0 Å². The summed E-state index contributed by atoms with van der Waals surface area (Å²) in [5.41, 5.74) is 12.5. The predicted molar refractivity (Wildman–Crippen MR) is 625 cm³/mol. The Hall–Kier alpha value is -7.96. The summed E-state index contributed by atoms with van der Waals surface area (Å²) in [5.74, 6) is 6.02. The maximum absolute atomic E-state index is 2.49.